The Morgan fingerprint density at radius 2 is 1.73 bits per heavy atom. The van der Waals surface area contributed by atoms with Gasteiger partial charge in [0.1, 0.15) is 13.2 Å². The summed E-state index contributed by atoms with van der Waals surface area (Å²) in [5.41, 5.74) is 1.32. The maximum absolute atomic E-state index is 5.60. The van der Waals surface area contributed by atoms with E-state index in [1.165, 1.54) is 5.57 Å². The maximum atomic E-state index is 5.60. The van der Waals surface area contributed by atoms with Crippen LogP contribution >= 0.6 is 0 Å². The molecule has 1 saturated heterocycles. The number of rotatable bonds is 0. The smallest absolute Gasteiger partial charge is 0.160 e. The van der Waals surface area contributed by atoms with E-state index in [1.807, 2.05) is 13.8 Å². The summed E-state index contributed by atoms with van der Waals surface area (Å²) >= 11 is 0. The number of allylic oxidation sites excluding steroid dienone is 2. The average Bonchev–Trinajstić information content (AvgIpc) is 2.29. The second-order valence-corrected chi connectivity index (χ2v) is 3.89. The lowest BCUT2D eigenvalue weighted by Gasteiger charge is -2.31. The number of hydrogen-bond donors (Lipinski definition) is 0. The molecule has 0 aromatic heterocycles. The lowest BCUT2D eigenvalue weighted by Crippen LogP contribution is -2.23. The molecular weight excluding hydrogens is 188 g/mol. The van der Waals surface area contributed by atoms with Crippen LogP contribution in [-0.4, -0.2) is 13.2 Å². The highest BCUT2D eigenvalue weighted by molar-refractivity contribution is 5.32. The quantitative estimate of drug-likeness (QED) is 0.609. The van der Waals surface area contributed by atoms with Crippen molar-refractivity contribution in [3.8, 4) is 0 Å². The van der Waals surface area contributed by atoms with Gasteiger partial charge in [-0.1, -0.05) is 27.7 Å². The van der Waals surface area contributed by atoms with Crippen molar-refractivity contribution in [2.24, 2.45) is 11.8 Å². The Bertz CT molecular complexity index is 276. The normalized spacial score (nSPS) is 29.0. The molecule has 0 bridgehead atoms. The third kappa shape index (κ3) is 2.36. The van der Waals surface area contributed by atoms with Gasteiger partial charge in [-0.3, -0.25) is 0 Å². The molecule has 2 rings (SSSR count). The summed E-state index contributed by atoms with van der Waals surface area (Å²) in [6.45, 7) is 12.0. The fourth-order valence-corrected chi connectivity index (χ4v) is 1.85. The summed E-state index contributed by atoms with van der Waals surface area (Å²) in [5, 5.41) is 0. The predicted octanol–water partition coefficient (Wildman–Crippen LogP) is 3.50. The molecule has 1 aliphatic heterocycles. The van der Waals surface area contributed by atoms with Crippen molar-refractivity contribution in [1.82, 2.24) is 0 Å². The van der Waals surface area contributed by atoms with E-state index in [1.54, 1.807) is 0 Å². The summed E-state index contributed by atoms with van der Waals surface area (Å²) in [7, 11) is 0. The first-order valence-corrected chi connectivity index (χ1v) is 5.88. The zero-order chi connectivity index (χ0) is 11.4. The minimum Gasteiger partial charge on any atom is -0.486 e. The molecule has 0 spiro atoms. The van der Waals surface area contributed by atoms with Crippen LogP contribution < -0.4 is 0 Å². The number of ether oxygens (including phenoxy) is 2. The molecular formula is C13H22O2. The second kappa shape index (κ2) is 5.24. The molecule has 15 heavy (non-hydrogen) atoms. The van der Waals surface area contributed by atoms with Crippen LogP contribution in [0.2, 0.25) is 0 Å². The van der Waals surface area contributed by atoms with E-state index >= 15 is 0 Å². The summed E-state index contributed by atoms with van der Waals surface area (Å²) in [6, 6.07) is 0. The molecule has 1 heterocycles. The average molecular weight is 210 g/mol. The second-order valence-electron chi connectivity index (χ2n) is 3.89. The van der Waals surface area contributed by atoms with Crippen LogP contribution in [0.1, 0.15) is 34.6 Å². The molecule has 2 atom stereocenters. The van der Waals surface area contributed by atoms with Gasteiger partial charge in [-0.15, -0.1) is 0 Å². The van der Waals surface area contributed by atoms with Gasteiger partial charge in [0.05, 0.1) is 0 Å². The van der Waals surface area contributed by atoms with Crippen LogP contribution in [0.15, 0.2) is 23.2 Å². The van der Waals surface area contributed by atoms with E-state index < -0.39 is 0 Å². The van der Waals surface area contributed by atoms with E-state index in [9.17, 15) is 0 Å². The van der Waals surface area contributed by atoms with Gasteiger partial charge in [-0.25, -0.2) is 0 Å². The fourth-order valence-electron chi connectivity index (χ4n) is 1.85. The lowest BCUT2D eigenvalue weighted by atomic mass is 9.84. The van der Waals surface area contributed by atoms with Crippen LogP contribution in [0, 0.1) is 11.8 Å². The molecule has 2 heteroatoms. The monoisotopic (exact) mass is 210 g/mol. The predicted molar refractivity (Wildman–Crippen MR) is 62.4 cm³/mol. The van der Waals surface area contributed by atoms with Gasteiger partial charge in [-0.2, -0.15) is 0 Å². The summed E-state index contributed by atoms with van der Waals surface area (Å²) < 4.78 is 11.1. The number of fused-ring (bicyclic) bond motifs is 1. The molecule has 0 aromatic rings. The van der Waals surface area contributed by atoms with Gasteiger partial charge in [0, 0.05) is 0 Å². The van der Waals surface area contributed by atoms with Crippen molar-refractivity contribution in [3.05, 3.63) is 23.2 Å². The van der Waals surface area contributed by atoms with E-state index in [-0.39, 0.29) is 0 Å². The minimum atomic E-state index is 0.556. The van der Waals surface area contributed by atoms with Gasteiger partial charge in [-0.05, 0) is 30.4 Å². The Morgan fingerprint density at radius 1 is 1.13 bits per heavy atom. The summed E-state index contributed by atoms with van der Waals surface area (Å²) in [4.78, 5) is 0. The lowest BCUT2D eigenvalue weighted by molar-refractivity contribution is 0.0513. The largest absolute Gasteiger partial charge is 0.486 e. The summed E-state index contributed by atoms with van der Waals surface area (Å²) in [5.74, 6) is 3.06. The van der Waals surface area contributed by atoms with Crippen molar-refractivity contribution in [2.75, 3.05) is 13.2 Å². The van der Waals surface area contributed by atoms with Crippen molar-refractivity contribution >= 4 is 0 Å². The van der Waals surface area contributed by atoms with Gasteiger partial charge >= 0.3 is 0 Å². The minimum absolute atomic E-state index is 0.556. The first-order valence-electron chi connectivity index (χ1n) is 5.88. The van der Waals surface area contributed by atoms with Crippen molar-refractivity contribution in [1.29, 1.82) is 0 Å². The third-order valence-electron chi connectivity index (χ3n) is 3.06. The molecule has 86 valence electrons. The Kier molecular flexibility index (Phi) is 4.25. The topological polar surface area (TPSA) is 18.5 Å². The Morgan fingerprint density at radius 3 is 2.40 bits per heavy atom. The van der Waals surface area contributed by atoms with Crippen LogP contribution in [0.4, 0.5) is 0 Å². The van der Waals surface area contributed by atoms with Gasteiger partial charge in [0.15, 0.2) is 11.5 Å². The molecule has 2 unspecified atom stereocenters. The molecule has 1 aliphatic carbocycles. The van der Waals surface area contributed by atoms with Gasteiger partial charge in [0.25, 0.3) is 0 Å². The van der Waals surface area contributed by atoms with E-state index in [2.05, 4.69) is 26.8 Å². The Balaban J connectivity index is 0.000000531. The van der Waals surface area contributed by atoms with Crippen LogP contribution in [0.3, 0.4) is 0 Å². The molecule has 0 aromatic carbocycles. The fraction of sp³-hybridized carbons (Fsp3) is 0.692. The van der Waals surface area contributed by atoms with Crippen LogP contribution in [0.25, 0.3) is 0 Å². The van der Waals surface area contributed by atoms with Gasteiger partial charge in [0.2, 0.25) is 0 Å². The van der Waals surface area contributed by atoms with E-state index in [0.29, 0.717) is 25.0 Å². The SMILES string of the molecule is CC.CC1=C2OCCOC2=CC(C)C1C. The Labute approximate surface area is 93.0 Å². The zero-order valence-electron chi connectivity index (χ0n) is 10.5. The van der Waals surface area contributed by atoms with Crippen molar-refractivity contribution in [2.45, 2.75) is 34.6 Å². The highest BCUT2D eigenvalue weighted by Crippen LogP contribution is 2.35. The zero-order valence-corrected chi connectivity index (χ0v) is 10.5. The van der Waals surface area contributed by atoms with Crippen LogP contribution in [0.5, 0.6) is 0 Å². The highest BCUT2D eigenvalue weighted by atomic mass is 16.6. The molecule has 0 N–H and O–H groups in total. The Hall–Kier alpha value is -0.920. The molecule has 0 radical (unpaired) electrons. The standard InChI is InChI=1S/C11H16O2.C2H6/c1-7-6-10-11(9(3)8(7)2)13-5-4-12-10;1-2/h6-8H,4-5H2,1-3H3;1-2H3. The third-order valence-corrected chi connectivity index (χ3v) is 3.06. The van der Waals surface area contributed by atoms with E-state index in [0.717, 1.165) is 11.5 Å². The molecule has 1 fully saturated rings. The first-order chi connectivity index (χ1) is 7.20. The number of hydrogen-bond acceptors (Lipinski definition) is 2. The molecule has 0 amide bonds. The van der Waals surface area contributed by atoms with Crippen molar-refractivity contribution in [3.63, 3.8) is 0 Å². The first kappa shape index (κ1) is 12.2. The van der Waals surface area contributed by atoms with Crippen molar-refractivity contribution < 1.29 is 9.47 Å². The summed E-state index contributed by atoms with van der Waals surface area (Å²) in [6.07, 6.45) is 2.17. The highest BCUT2D eigenvalue weighted by Gasteiger charge is 2.27. The molecule has 0 saturated carbocycles. The molecule has 2 nitrogen and oxygen atoms in total. The van der Waals surface area contributed by atoms with E-state index in [4.69, 9.17) is 9.47 Å². The van der Waals surface area contributed by atoms with Gasteiger partial charge < -0.3 is 9.47 Å². The molecule has 2 aliphatic rings. The van der Waals surface area contributed by atoms with Crippen LogP contribution in [-0.2, 0) is 9.47 Å². The maximum Gasteiger partial charge on any atom is 0.160 e.